The molecule has 0 atom stereocenters. The highest BCUT2D eigenvalue weighted by Gasteiger charge is 2.21. The van der Waals surface area contributed by atoms with E-state index in [1.54, 1.807) is 6.07 Å². The van der Waals surface area contributed by atoms with E-state index in [-0.39, 0.29) is 5.91 Å². The number of hydrogen-bond donors (Lipinski definition) is 1. The number of ether oxygens (including phenoxy) is 1. The predicted molar refractivity (Wildman–Crippen MR) is 122 cm³/mol. The second-order valence-electron chi connectivity index (χ2n) is 7.24. The molecule has 0 radical (unpaired) electrons. The minimum atomic E-state index is -0.418. The van der Waals surface area contributed by atoms with Crippen LogP contribution in [0.4, 0.5) is 5.00 Å². The van der Waals surface area contributed by atoms with Crippen LogP contribution in [0.5, 0.6) is 0 Å². The van der Waals surface area contributed by atoms with Crippen molar-refractivity contribution in [3.63, 3.8) is 0 Å². The van der Waals surface area contributed by atoms with Crippen LogP contribution in [0, 0.1) is 0 Å². The number of piperazine rings is 1. The Morgan fingerprint density at radius 2 is 1.83 bits per heavy atom. The monoisotopic (exact) mass is 427 g/mol. The maximum atomic E-state index is 12.5. The van der Waals surface area contributed by atoms with Crippen LogP contribution in [0.15, 0.2) is 42.5 Å². The summed E-state index contributed by atoms with van der Waals surface area (Å²) in [4.78, 5) is 30.1. The van der Waals surface area contributed by atoms with E-state index in [4.69, 9.17) is 4.74 Å². The smallest absolute Gasteiger partial charge is 0.340 e. The first kappa shape index (κ1) is 22.2. The molecule has 1 aromatic heterocycles. The molecular formula is C23H29N3O3S. The number of aryl methyl sites for hydroxylation is 1. The Morgan fingerprint density at radius 3 is 2.50 bits per heavy atom. The van der Waals surface area contributed by atoms with Gasteiger partial charge in [-0.15, -0.1) is 11.3 Å². The molecule has 1 N–H and O–H groups in total. The molecule has 2 heterocycles. The Morgan fingerprint density at radius 1 is 1.13 bits per heavy atom. The van der Waals surface area contributed by atoms with Crippen molar-refractivity contribution in [3.8, 4) is 0 Å². The third-order valence-corrected chi connectivity index (χ3v) is 6.29. The quantitative estimate of drug-likeness (QED) is 0.655. The maximum Gasteiger partial charge on any atom is 0.340 e. The molecule has 0 aliphatic carbocycles. The number of hydrogen-bond acceptors (Lipinski definition) is 6. The van der Waals surface area contributed by atoms with Gasteiger partial charge in [-0.2, -0.15) is 0 Å². The van der Waals surface area contributed by atoms with Crippen molar-refractivity contribution in [1.82, 2.24) is 9.80 Å². The van der Waals surface area contributed by atoms with Crippen LogP contribution in [-0.4, -0.2) is 68.1 Å². The number of thiophene rings is 1. The molecule has 1 fully saturated rings. The van der Waals surface area contributed by atoms with Crippen LogP contribution in [-0.2, 0) is 16.0 Å². The molecule has 30 heavy (non-hydrogen) atoms. The van der Waals surface area contributed by atoms with Crippen molar-refractivity contribution in [3.05, 3.63) is 58.5 Å². The molecule has 0 bridgehead atoms. The Kier molecular flexibility index (Phi) is 8.19. The lowest BCUT2D eigenvalue weighted by Crippen LogP contribution is -2.48. The van der Waals surface area contributed by atoms with Crippen molar-refractivity contribution in [2.75, 3.05) is 51.7 Å². The summed E-state index contributed by atoms with van der Waals surface area (Å²) in [5, 5.41) is 3.48. The average molecular weight is 428 g/mol. The number of rotatable bonds is 8. The van der Waals surface area contributed by atoms with Gasteiger partial charge in [0.15, 0.2) is 0 Å². The largest absolute Gasteiger partial charge is 0.465 e. The lowest BCUT2D eigenvalue weighted by atomic mass is 10.2. The Labute approximate surface area is 182 Å². The van der Waals surface area contributed by atoms with Crippen LogP contribution in [0.2, 0.25) is 0 Å². The second kappa shape index (κ2) is 11.1. The van der Waals surface area contributed by atoms with Gasteiger partial charge >= 0.3 is 5.97 Å². The van der Waals surface area contributed by atoms with Crippen molar-refractivity contribution < 1.29 is 14.3 Å². The highest BCUT2D eigenvalue weighted by Crippen LogP contribution is 2.29. The molecule has 3 rings (SSSR count). The molecule has 1 amide bonds. The number of nitrogens with one attached hydrogen (secondary N) is 1. The van der Waals surface area contributed by atoms with Gasteiger partial charge in [0.1, 0.15) is 5.00 Å². The minimum Gasteiger partial charge on any atom is -0.465 e. The van der Waals surface area contributed by atoms with Crippen LogP contribution in [0.3, 0.4) is 0 Å². The maximum absolute atomic E-state index is 12.5. The first-order valence-electron chi connectivity index (χ1n) is 10.3. The molecule has 1 saturated heterocycles. The molecule has 0 saturated carbocycles. The molecule has 0 unspecified atom stereocenters. The molecule has 1 aliphatic rings. The number of carbonyl (C=O) groups is 2. The Balaban J connectivity index is 1.45. The van der Waals surface area contributed by atoms with Gasteiger partial charge in [-0.05, 0) is 18.1 Å². The highest BCUT2D eigenvalue weighted by molar-refractivity contribution is 7.16. The predicted octanol–water partition coefficient (Wildman–Crippen LogP) is 3.37. The molecule has 160 valence electrons. The summed E-state index contributed by atoms with van der Waals surface area (Å²) in [6.07, 6.45) is 5.14. The summed E-state index contributed by atoms with van der Waals surface area (Å²) in [5.74, 6) is -0.513. The third kappa shape index (κ3) is 6.26. The molecule has 1 aromatic carbocycles. The molecule has 1 aliphatic heterocycles. The summed E-state index contributed by atoms with van der Waals surface area (Å²) >= 11 is 1.43. The van der Waals surface area contributed by atoms with Gasteiger partial charge in [0.25, 0.3) is 0 Å². The number of nitrogens with zero attached hydrogens (tertiary/aromatic N) is 2. The van der Waals surface area contributed by atoms with Crippen LogP contribution < -0.4 is 5.32 Å². The summed E-state index contributed by atoms with van der Waals surface area (Å²) in [5.41, 5.74) is 1.64. The van der Waals surface area contributed by atoms with E-state index in [0.717, 1.165) is 44.0 Å². The van der Waals surface area contributed by atoms with Crippen LogP contribution in [0.25, 0.3) is 6.08 Å². The lowest BCUT2D eigenvalue weighted by molar-refractivity contribution is -0.117. The highest BCUT2D eigenvalue weighted by atomic mass is 32.1. The summed E-state index contributed by atoms with van der Waals surface area (Å²) in [6, 6.07) is 12.1. The van der Waals surface area contributed by atoms with E-state index in [1.165, 1.54) is 24.0 Å². The number of esters is 1. The van der Waals surface area contributed by atoms with Gasteiger partial charge in [-0.25, -0.2) is 4.79 Å². The van der Waals surface area contributed by atoms with E-state index >= 15 is 0 Å². The van der Waals surface area contributed by atoms with Gasteiger partial charge in [-0.1, -0.05) is 49.4 Å². The molecule has 6 nitrogen and oxygen atoms in total. The minimum absolute atomic E-state index is 0.0953. The number of carbonyl (C=O) groups excluding carboxylic acids is 2. The Hall–Kier alpha value is -2.48. The SMILES string of the molecule is CCc1cc(C(=O)OC)c(NC(=O)CN2CCN(C/C=C/c3ccccc3)CC2)s1. The first-order chi connectivity index (χ1) is 14.6. The van der Waals surface area contributed by atoms with Gasteiger partial charge in [0, 0.05) is 37.6 Å². The normalized spacial score (nSPS) is 15.4. The lowest BCUT2D eigenvalue weighted by Gasteiger charge is -2.33. The van der Waals surface area contributed by atoms with E-state index < -0.39 is 5.97 Å². The van der Waals surface area contributed by atoms with Crippen molar-refractivity contribution in [1.29, 1.82) is 0 Å². The topological polar surface area (TPSA) is 61.9 Å². The number of anilines is 1. The van der Waals surface area contributed by atoms with Gasteiger partial charge in [0.2, 0.25) is 5.91 Å². The van der Waals surface area contributed by atoms with E-state index in [9.17, 15) is 9.59 Å². The molecule has 2 aromatic rings. The summed E-state index contributed by atoms with van der Waals surface area (Å²) < 4.78 is 4.83. The van der Waals surface area contributed by atoms with E-state index in [0.29, 0.717) is 17.1 Å². The van der Waals surface area contributed by atoms with Crippen LogP contribution >= 0.6 is 11.3 Å². The van der Waals surface area contributed by atoms with Crippen LogP contribution in [0.1, 0.15) is 27.7 Å². The zero-order valence-electron chi connectivity index (χ0n) is 17.6. The van der Waals surface area contributed by atoms with Crippen molar-refractivity contribution in [2.45, 2.75) is 13.3 Å². The average Bonchev–Trinajstić information content (AvgIpc) is 3.18. The fourth-order valence-electron chi connectivity index (χ4n) is 3.37. The zero-order valence-corrected chi connectivity index (χ0v) is 18.4. The molecular weight excluding hydrogens is 398 g/mol. The second-order valence-corrected chi connectivity index (χ2v) is 8.38. The number of amides is 1. The first-order valence-corrected chi connectivity index (χ1v) is 11.1. The standard InChI is InChI=1S/C23H29N3O3S/c1-3-19-16-20(23(28)29-2)22(30-19)24-21(27)17-26-14-12-25(13-15-26)11-7-10-18-8-5-4-6-9-18/h4-10,16H,3,11-15,17H2,1-2H3,(H,24,27)/b10-7+. The van der Waals surface area contributed by atoms with Crippen molar-refractivity contribution in [2.24, 2.45) is 0 Å². The fourth-order valence-corrected chi connectivity index (χ4v) is 4.37. The third-order valence-electron chi connectivity index (χ3n) is 5.10. The summed E-state index contributed by atoms with van der Waals surface area (Å²) in [6.45, 7) is 6.81. The molecule has 7 heteroatoms. The van der Waals surface area contributed by atoms with Crippen molar-refractivity contribution >= 4 is 34.3 Å². The summed E-state index contributed by atoms with van der Waals surface area (Å²) in [7, 11) is 1.35. The van der Waals surface area contributed by atoms with E-state index in [2.05, 4.69) is 39.4 Å². The van der Waals surface area contributed by atoms with E-state index in [1.807, 2.05) is 25.1 Å². The van der Waals surface area contributed by atoms with Gasteiger partial charge < -0.3 is 10.1 Å². The Bertz CT molecular complexity index is 871. The number of benzene rings is 1. The zero-order chi connectivity index (χ0) is 21.3. The number of methoxy groups -OCH3 is 1. The van der Waals surface area contributed by atoms with Gasteiger partial charge in [0.05, 0.1) is 19.2 Å². The molecule has 0 spiro atoms. The van der Waals surface area contributed by atoms with Gasteiger partial charge in [-0.3, -0.25) is 14.6 Å². The fraction of sp³-hybridized carbons (Fsp3) is 0.391.